The Bertz CT molecular complexity index is 2510. The maximum Gasteiger partial charge on any atom is 0.137 e. The van der Waals surface area contributed by atoms with Crippen molar-refractivity contribution in [3.8, 4) is 11.1 Å². The first-order chi connectivity index (χ1) is 21.8. The van der Waals surface area contributed by atoms with Gasteiger partial charge in [0.05, 0.1) is 11.0 Å². The van der Waals surface area contributed by atoms with E-state index in [1.807, 2.05) is 30.6 Å². The van der Waals surface area contributed by atoms with Crippen LogP contribution in [0.5, 0.6) is 0 Å². The van der Waals surface area contributed by atoms with Gasteiger partial charge in [-0.25, -0.2) is 0 Å². The predicted octanol–water partition coefficient (Wildman–Crippen LogP) is 11.0. The van der Waals surface area contributed by atoms with E-state index in [9.17, 15) is 0 Å². The molecule has 0 radical (unpaired) electrons. The van der Waals surface area contributed by atoms with Gasteiger partial charge in [-0.1, -0.05) is 60.7 Å². The van der Waals surface area contributed by atoms with Crippen LogP contribution in [0.3, 0.4) is 0 Å². The van der Waals surface area contributed by atoms with Gasteiger partial charge in [0.25, 0.3) is 0 Å². The van der Waals surface area contributed by atoms with Gasteiger partial charge in [-0.2, -0.15) is 0 Å². The number of benzene rings is 6. The van der Waals surface area contributed by atoms with Crippen LogP contribution in [0.2, 0.25) is 0 Å². The van der Waals surface area contributed by atoms with Gasteiger partial charge in [-0.15, -0.1) is 0 Å². The predicted molar refractivity (Wildman–Crippen MR) is 182 cm³/mol. The monoisotopic (exact) mass is 563 g/mol. The number of pyridine rings is 2. The maximum atomic E-state index is 6.43. The average Bonchev–Trinajstić information content (AvgIpc) is 3.44. The summed E-state index contributed by atoms with van der Waals surface area (Å²) in [5.74, 6) is 0. The standard InChI is InChI=1S/C40H25N3O/c1-2-6-28-22-33(15-11-26(28)5-1)43(32-13-9-27(10-14-32)29-12-18-37-30(21-29)7-3-19-41-37)34-16-17-35-36-23-31-8-4-20-42-38(31)25-40(36)44-39(35)24-34/h1-25H. The lowest BCUT2D eigenvalue weighted by Gasteiger charge is -2.26. The van der Waals surface area contributed by atoms with E-state index in [0.29, 0.717) is 0 Å². The van der Waals surface area contributed by atoms with E-state index >= 15 is 0 Å². The minimum atomic E-state index is 0.843. The molecule has 0 aliphatic carbocycles. The van der Waals surface area contributed by atoms with Crippen molar-refractivity contribution in [1.82, 2.24) is 9.97 Å². The second-order valence-electron chi connectivity index (χ2n) is 11.2. The topological polar surface area (TPSA) is 42.2 Å². The number of hydrogen-bond donors (Lipinski definition) is 0. The van der Waals surface area contributed by atoms with Crippen LogP contribution in [0, 0.1) is 0 Å². The Balaban J connectivity index is 1.19. The molecule has 0 aliphatic heterocycles. The summed E-state index contributed by atoms with van der Waals surface area (Å²) >= 11 is 0. The van der Waals surface area contributed by atoms with E-state index in [1.165, 1.54) is 16.3 Å². The van der Waals surface area contributed by atoms with Gasteiger partial charge in [0.15, 0.2) is 0 Å². The molecule has 4 heteroatoms. The zero-order valence-electron chi connectivity index (χ0n) is 23.7. The molecule has 6 aromatic carbocycles. The first-order valence-corrected chi connectivity index (χ1v) is 14.7. The quantitative estimate of drug-likeness (QED) is 0.214. The smallest absolute Gasteiger partial charge is 0.137 e. The zero-order valence-corrected chi connectivity index (χ0v) is 23.7. The molecule has 44 heavy (non-hydrogen) atoms. The molecule has 3 heterocycles. The first kappa shape index (κ1) is 24.6. The van der Waals surface area contributed by atoms with Crippen LogP contribution in [-0.4, -0.2) is 9.97 Å². The molecule has 0 atom stereocenters. The summed E-state index contributed by atoms with van der Waals surface area (Å²) in [7, 11) is 0. The van der Waals surface area contributed by atoms with Crippen molar-refractivity contribution in [1.29, 1.82) is 0 Å². The van der Waals surface area contributed by atoms with Crippen LogP contribution in [0.4, 0.5) is 17.1 Å². The van der Waals surface area contributed by atoms with Crippen molar-refractivity contribution in [2.45, 2.75) is 0 Å². The molecule has 3 aromatic heterocycles. The zero-order chi connectivity index (χ0) is 29.0. The van der Waals surface area contributed by atoms with Crippen molar-refractivity contribution in [2.75, 3.05) is 4.90 Å². The number of furan rings is 1. The summed E-state index contributed by atoms with van der Waals surface area (Å²) < 4.78 is 6.43. The SMILES string of the molecule is c1ccc2cc(N(c3ccc(-c4ccc5ncccc5c4)cc3)c3ccc4c(c3)oc3cc5ncccc5cc34)ccc2c1. The molecule has 0 amide bonds. The number of hydrogen-bond acceptors (Lipinski definition) is 4. The summed E-state index contributed by atoms with van der Waals surface area (Å²) in [6, 6.07) is 49.2. The Morgan fingerprint density at radius 1 is 0.409 bits per heavy atom. The molecule has 0 bridgehead atoms. The molecule has 0 fully saturated rings. The highest BCUT2D eigenvalue weighted by atomic mass is 16.3. The molecule has 0 N–H and O–H groups in total. The third-order valence-electron chi connectivity index (χ3n) is 8.49. The van der Waals surface area contributed by atoms with Gasteiger partial charge in [-0.3, -0.25) is 9.97 Å². The van der Waals surface area contributed by atoms with Crippen molar-refractivity contribution in [3.63, 3.8) is 0 Å². The van der Waals surface area contributed by atoms with Gasteiger partial charge in [0.1, 0.15) is 11.2 Å². The van der Waals surface area contributed by atoms with E-state index < -0.39 is 0 Å². The molecule has 0 unspecified atom stereocenters. The highest BCUT2D eigenvalue weighted by molar-refractivity contribution is 6.10. The van der Waals surface area contributed by atoms with Crippen LogP contribution in [0.15, 0.2) is 156 Å². The summed E-state index contributed by atoms with van der Waals surface area (Å²) in [6.07, 6.45) is 3.65. The largest absolute Gasteiger partial charge is 0.456 e. The molecule has 0 aliphatic rings. The Hall–Kier alpha value is -6.00. The summed E-state index contributed by atoms with van der Waals surface area (Å²) in [6.45, 7) is 0. The number of rotatable bonds is 4. The summed E-state index contributed by atoms with van der Waals surface area (Å²) in [5, 5.41) is 6.83. The molecule has 0 saturated carbocycles. The number of nitrogens with zero attached hydrogens (tertiary/aromatic N) is 3. The second kappa shape index (κ2) is 9.79. The number of anilines is 3. The molecule has 9 aromatic rings. The van der Waals surface area contributed by atoms with Gasteiger partial charge in [0, 0.05) is 63.1 Å². The van der Waals surface area contributed by atoms with Crippen molar-refractivity contribution < 1.29 is 4.42 Å². The molecule has 9 rings (SSSR count). The van der Waals surface area contributed by atoms with Crippen LogP contribution in [0.25, 0.3) is 65.6 Å². The Kier molecular flexibility index (Phi) is 5.47. The summed E-state index contributed by atoms with van der Waals surface area (Å²) in [5.41, 5.74) is 9.12. The molecule has 0 saturated heterocycles. The fourth-order valence-electron chi connectivity index (χ4n) is 6.29. The Morgan fingerprint density at radius 2 is 1.07 bits per heavy atom. The molecule has 4 nitrogen and oxygen atoms in total. The van der Waals surface area contributed by atoms with E-state index in [1.54, 1.807) is 0 Å². The maximum absolute atomic E-state index is 6.43. The lowest BCUT2D eigenvalue weighted by molar-refractivity contribution is 0.669. The summed E-state index contributed by atoms with van der Waals surface area (Å²) in [4.78, 5) is 11.3. The van der Waals surface area contributed by atoms with Gasteiger partial charge in [0.2, 0.25) is 0 Å². The Morgan fingerprint density at radius 3 is 1.93 bits per heavy atom. The van der Waals surface area contributed by atoms with E-state index in [4.69, 9.17) is 4.42 Å². The van der Waals surface area contributed by atoms with E-state index in [0.717, 1.165) is 66.4 Å². The number of fused-ring (bicyclic) bond motifs is 6. The highest BCUT2D eigenvalue weighted by Gasteiger charge is 2.17. The van der Waals surface area contributed by atoms with Crippen LogP contribution in [0.1, 0.15) is 0 Å². The first-order valence-electron chi connectivity index (χ1n) is 14.7. The fraction of sp³-hybridized carbons (Fsp3) is 0. The van der Waals surface area contributed by atoms with Crippen LogP contribution < -0.4 is 4.90 Å². The molecular weight excluding hydrogens is 538 g/mol. The second-order valence-corrected chi connectivity index (χ2v) is 11.2. The third-order valence-corrected chi connectivity index (χ3v) is 8.49. The van der Waals surface area contributed by atoms with E-state index in [2.05, 4.69) is 136 Å². The van der Waals surface area contributed by atoms with Crippen LogP contribution in [-0.2, 0) is 0 Å². The van der Waals surface area contributed by atoms with Crippen molar-refractivity contribution in [2.24, 2.45) is 0 Å². The Labute approximate surface area is 253 Å². The third kappa shape index (κ3) is 4.08. The highest BCUT2D eigenvalue weighted by Crippen LogP contribution is 2.40. The van der Waals surface area contributed by atoms with E-state index in [-0.39, 0.29) is 0 Å². The average molecular weight is 564 g/mol. The van der Waals surface area contributed by atoms with Gasteiger partial charge in [-0.05, 0) is 88.6 Å². The minimum Gasteiger partial charge on any atom is -0.456 e. The molecule has 206 valence electrons. The fourth-order valence-corrected chi connectivity index (χ4v) is 6.29. The van der Waals surface area contributed by atoms with Crippen molar-refractivity contribution >= 4 is 71.6 Å². The molecular formula is C40H25N3O. The van der Waals surface area contributed by atoms with Gasteiger partial charge >= 0.3 is 0 Å². The van der Waals surface area contributed by atoms with Gasteiger partial charge < -0.3 is 9.32 Å². The number of aromatic nitrogens is 2. The lowest BCUT2D eigenvalue weighted by Crippen LogP contribution is -2.09. The minimum absolute atomic E-state index is 0.843. The lowest BCUT2D eigenvalue weighted by atomic mass is 10.0. The molecule has 0 spiro atoms. The normalized spacial score (nSPS) is 11.6. The van der Waals surface area contributed by atoms with Crippen molar-refractivity contribution in [3.05, 3.63) is 152 Å². The van der Waals surface area contributed by atoms with Crippen LogP contribution >= 0.6 is 0 Å².